The smallest absolute Gasteiger partial charge is 0.387 e. The molecule has 25 heavy (non-hydrogen) atoms. The van der Waals surface area contributed by atoms with Crippen LogP contribution in [-0.2, 0) is 4.79 Å². The molecule has 0 saturated carbocycles. The van der Waals surface area contributed by atoms with E-state index in [1.807, 2.05) is 4.90 Å². The summed E-state index contributed by atoms with van der Waals surface area (Å²) >= 11 is 0. The Balaban J connectivity index is 1.67. The number of carbonyl (C=O) groups excluding carboxylic acids is 2. The van der Waals surface area contributed by atoms with Gasteiger partial charge in [-0.05, 0) is 37.5 Å². The van der Waals surface area contributed by atoms with Crippen LogP contribution in [0.3, 0.4) is 0 Å². The van der Waals surface area contributed by atoms with Crippen molar-refractivity contribution in [2.24, 2.45) is 0 Å². The summed E-state index contributed by atoms with van der Waals surface area (Å²) in [6, 6.07) is 5.53. The van der Waals surface area contributed by atoms with E-state index in [9.17, 15) is 18.4 Å². The molecule has 3 amide bonds. The molecule has 0 aromatic heterocycles. The summed E-state index contributed by atoms with van der Waals surface area (Å²) in [7, 11) is 0. The molecule has 1 unspecified atom stereocenters. The normalized spacial score (nSPS) is 15.4. The molecule has 0 aliphatic carbocycles. The van der Waals surface area contributed by atoms with Gasteiger partial charge in [-0.2, -0.15) is 8.78 Å². The van der Waals surface area contributed by atoms with Crippen LogP contribution in [-0.4, -0.2) is 43.1 Å². The van der Waals surface area contributed by atoms with Crippen molar-refractivity contribution >= 4 is 11.9 Å². The van der Waals surface area contributed by atoms with Crippen LogP contribution >= 0.6 is 0 Å². The molecule has 0 radical (unpaired) electrons. The third kappa shape index (κ3) is 6.21. The number of hydrogen-bond donors (Lipinski definition) is 2. The van der Waals surface area contributed by atoms with Crippen molar-refractivity contribution in [3.05, 3.63) is 29.8 Å². The predicted octanol–water partition coefficient (Wildman–Crippen LogP) is 2.66. The summed E-state index contributed by atoms with van der Waals surface area (Å²) in [6.45, 7) is 0.866. The third-order valence-electron chi connectivity index (χ3n) is 4.01. The second kappa shape index (κ2) is 9.19. The first-order valence-electron chi connectivity index (χ1n) is 8.32. The van der Waals surface area contributed by atoms with Gasteiger partial charge < -0.3 is 20.3 Å². The van der Waals surface area contributed by atoms with Crippen LogP contribution in [0, 0.1) is 0 Å². The molecule has 1 aliphatic rings. The molecule has 6 nitrogen and oxygen atoms in total. The van der Waals surface area contributed by atoms with Gasteiger partial charge in [0.2, 0.25) is 5.91 Å². The summed E-state index contributed by atoms with van der Waals surface area (Å²) in [6.07, 6.45) is 2.23. The van der Waals surface area contributed by atoms with Crippen LogP contribution in [0.1, 0.15) is 37.8 Å². The number of nitrogens with one attached hydrogen (secondary N) is 2. The number of amides is 3. The number of rotatable bonds is 8. The first kappa shape index (κ1) is 19.0. The van der Waals surface area contributed by atoms with E-state index in [1.54, 1.807) is 19.1 Å². The van der Waals surface area contributed by atoms with Crippen LogP contribution in [0.4, 0.5) is 13.6 Å². The zero-order chi connectivity index (χ0) is 18.2. The van der Waals surface area contributed by atoms with E-state index >= 15 is 0 Å². The van der Waals surface area contributed by atoms with Crippen molar-refractivity contribution in [3.63, 3.8) is 0 Å². The first-order valence-corrected chi connectivity index (χ1v) is 8.32. The zero-order valence-corrected chi connectivity index (χ0v) is 14.1. The minimum atomic E-state index is -2.86. The van der Waals surface area contributed by atoms with Crippen molar-refractivity contribution in [1.29, 1.82) is 0 Å². The molecule has 2 N–H and O–H groups in total. The average Bonchev–Trinajstić information content (AvgIpc) is 2.97. The molecule has 138 valence electrons. The van der Waals surface area contributed by atoms with Gasteiger partial charge in [0.05, 0.1) is 6.04 Å². The number of hydrogen-bond acceptors (Lipinski definition) is 3. The Kier molecular flexibility index (Phi) is 6.97. The minimum absolute atomic E-state index is 0.0758. The number of likely N-dealkylation sites (tertiary alicyclic amines) is 1. The predicted molar refractivity (Wildman–Crippen MR) is 88.5 cm³/mol. The third-order valence-corrected chi connectivity index (χ3v) is 4.01. The molecule has 1 atom stereocenters. The maximum absolute atomic E-state index is 12.1. The molecule has 1 aliphatic heterocycles. The lowest BCUT2D eigenvalue weighted by atomic mass is 10.1. The van der Waals surface area contributed by atoms with E-state index in [0.717, 1.165) is 18.5 Å². The van der Waals surface area contributed by atoms with Crippen LogP contribution in [0.15, 0.2) is 24.3 Å². The molecule has 1 saturated heterocycles. The number of ether oxygens (including phenoxy) is 1. The number of carbonyl (C=O) groups is 2. The van der Waals surface area contributed by atoms with E-state index in [-0.39, 0.29) is 23.7 Å². The van der Waals surface area contributed by atoms with Crippen LogP contribution < -0.4 is 15.4 Å². The van der Waals surface area contributed by atoms with Crippen molar-refractivity contribution < 1.29 is 23.1 Å². The monoisotopic (exact) mass is 355 g/mol. The minimum Gasteiger partial charge on any atom is -0.435 e. The summed E-state index contributed by atoms with van der Waals surface area (Å²) < 4.78 is 28.5. The Bertz CT molecular complexity index is 581. The molecule has 1 heterocycles. The molecule has 2 rings (SSSR count). The number of alkyl halides is 2. The fourth-order valence-corrected chi connectivity index (χ4v) is 2.68. The average molecular weight is 355 g/mol. The van der Waals surface area contributed by atoms with E-state index in [1.165, 1.54) is 12.1 Å². The highest BCUT2D eigenvalue weighted by Gasteiger charge is 2.19. The van der Waals surface area contributed by atoms with Gasteiger partial charge in [0.15, 0.2) is 0 Å². The van der Waals surface area contributed by atoms with Crippen LogP contribution in [0.2, 0.25) is 0 Å². The van der Waals surface area contributed by atoms with Crippen LogP contribution in [0.5, 0.6) is 5.75 Å². The Morgan fingerprint density at radius 1 is 1.32 bits per heavy atom. The lowest BCUT2D eigenvalue weighted by Gasteiger charge is -2.17. The van der Waals surface area contributed by atoms with Gasteiger partial charge in [-0.15, -0.1) is 0 Å². The summed E-state index contributed by atoms with van der Waals surface area (Å²) in [5, 5.41) is 5.52. The standard InChI is InChI=1S/C17H23F2N3O3/c1-12(13-5-7-14(8-6-13)25-16(18)19)21-17(24)20-9-3-11-22-10-2-4-15(22)23/h5-8,12,16H,2-4,9-11H2,1H3,(H2,20,21,24). The lowest BCUT2D eigenvalue weighted by Crippen LogP contribution is -2.38. The number of halogens is 2. The molecule has 0 spiro atoms. The van der Waals surface area contributed by atoms with Crippen molar-refractivity contribution in [1.82, 2.24) is 15.5 Å². The van der Waals surface area contributed by atoms with E-state index in [0.29, 0.717) is 25.9 Å². The first-order chi connectivity index (χ1) is 12.0. The zero-order valence-electron chi connectivity index (χ0n) is 14.1. The summed E-state index contributed by atoms with van der Waals surface area (Å²) in [5.74, 6) is 0.254. The van der Waals surface area contributed by atoms with E-state index in [4.69, 9.17) is 0 Å². The molecule has 1 fully saturated rings. The highest BCUT2D eigenvalue weighted by molar-refractivity contribution is 5.78. The molecular weight excluding hydrogens is 332 g/mol. The highest BCUT2D eigenvalue weighted by Crippen LogP contribution is 2.19. The Morgan fingerprint density at radius 2 is 2.04 bits per heavy atom. The molecule has 1 aromatic rings. The molecule has 1 aromatic carbocycles. The fourth-order valence-electron chi connectivity index (χ4n) is 2.68. The van der Waals surface area contributed by atoms with Crippen molar-refractivity contribution in [2.45, 2.75) is 38.8 Å². The highest BCUT2D eigenvalue weighted by atomic mass is 19.3. The maximum Gasteiger partial charge on any atom is 0.387 e. The Labute approximate surface area is 145 Å². The van der Waals surface area contributed by atoms with Crippen LogP contribution in [0.25, 0.3) is 0 Å². The van der Waals surface area contributed by atoms with Gasteiger partial charge in [0.1, 0.15) is 5.75 Å². The van der Waals surface area contributed by atoms with Gasteiger partial charge in [-0.25, -0.2) is 4.79 Å². The van der Waals surface area contributed by atoms with Gasteiger partial charge in [0.25, 0.3) is 0 Å². The Morgan fingerprint density at radius 3 is 2.64 bits per heavy atom. The van der Waals surface area contributed by atoms with E-state index < -0.39 is 6.61 Å². The maximum atomic E-state index is 12.1. The van der Waals surface area contributed by atoms with Gasteiger partial charge in [-0.3, -0.25) is 4.79 Å². The number of nitrogens with zero attached hydrogens (tertiary/aromatic N) is 1. The van der Waals surface area contributed by atoms with Crippen molar-refractivity contribution in [3.8, 4) is 5.75 Å². The fraction of sp³-hybridized carbons (Fsp3) is 0.529. The summed E-state index contributed by atoms with van der Waals surface area (Å²) in [5.41, 5.74) is 0.777. The second-order valence-electron chi connectivity index (χ2n) is 5.91. The number of benzene rings is 1. The van der Waals surface area contributed by atoms with Crippen molar-refractivity contribution in [2.75, 3.05) is 19.6 Å². The van der Waals surface area contributed by atoms with Gasteiger partial charge in [0, 0.05) is 26.1 Å². The van der Waals surface area contributed by atoms with E-state index in [2.05, 4.69) is 15.4 Å². The largest absolute Gasteiger partial charge is 0.435 e. The molecular formula is C17H23F2N3O3. The second-order valence-corrected chi connectivity index (χ2v) is 5.91. The molecule has 0 bridgehead atoms. The SMILES string of the molecule is CC(NC(=O)NCCCN1CCCC1=O)c1ccc(OC(F)F)cc1. The quantitative estimate of drug-likeness (QED) is 0.705. The topological polar surface area (TPSA) is 70.7 Å². The molecule has 8 heteroatoms. The number of urea groups is 1. The lowest BCUT2D eigenvalue weighted by molar-refractivity contribution is -0.127. The van der Waals surface area contributed by atoms with Gasteiger partial charge >= 0.3 is 12.6 Å². The Hall–Kier alpha value is -2.38. The van der Waals surface area contributed by atoms with Gasteiger partial charge in [-0.1, -0.05) is 12.1 Å². The summed E-state index contributed by atoms with van der Waals surface area (Å²) in [4.78, 5) is 25.1.